The molecule has 0 aliphatic carbocycles. The number of hydrogen-bond donors (Lipinski definition) is 1. The number of halogens is 2. The zero-order valence-electron chi connectivity index (χ0n) is 19.6. The summed E-state index contributed by atoms with van der Waals surface area (Å²) in [5, 5.41) is 4.58. The maximum atomic E-state index is 13.8. The highest BCUT2D eigenvalue weighted by atomic mass is 35.5. The molecule has 0 radical (unpaired) electrons. The van der Waals surface area contributed by atoms with Crippen molar-refractivity contribution in [3.05, 3.63) is 76.3 Å². The van der Waals surface area contributed by atoms with Crippen LogP contribution in [0, 0.1) is 0 Å². The van der Waals surface area contributed by atoms with Crippen molar-refractivity contribution in [1.82, 2.24) is 5.43 Å². The fourth-order valence-corrected chi connectivity index (χ4v) is 4.97. The zero-order chi connectivity index (χ0) is 26.3. The van der Waals surface area contributed by atoms with E-state index >= 15 is 0 Å². The molecule has 0 bridgehead atoms. The number of methoxy groups -OCH3 is 3. The fraction of sp³-hybridized carbons (Fsp3) is 0.167. The Bertz CT molecular complexity index is 1380. The molecule has 0 saturated heterocycles. The fourth-order valence-electron chi connectivity index (χ4n) is 3.18. The molecular formula is C24H23Cl2N3O6S. The smallest absolute Gasteiger partial charge is 0.265 e. The number of carbonyl (C=O) groups is 1. The van der Waals surface area contributed by atoms with Gasteiger partial charge in [-0.15, -0.1) is 0 Å². The van der Waals surface area contributed by atoms with E-state index < -0.39 is 22.5 Å². The lowest BCUT2D eigenvalue weighted by atomic mass is 10.2. The van der Waals surface area contributed by atoms with Gasteiger partial charge in [0.1, 0.15) is 12.3 Å². The summed E-state index contributed by atoms with van der Waals surface area (Å²) < 4.78 is 44.2. The number of sulfonamides is 1. The maximum absolute atomic E-state index is 13.8. The van der Waals surface area contributed by atoms with Crippen LogP contribution >= 0.6 is 23.2 Å². The van der Waals surface area contributed by atoms with Gasteiger partial charge in [0, 0.05) is 21.7 Å². The van der Waals surface area contributed by atoms with Crippen molar-refractivity contribution >= 4 is 51.0 Å². The molecule has 3 rings (SSSR count). The minimum absolute atomic E-state index is 0.0602. The molecule has 12 heteroatoms. The molecule has 0 aliphatic rings. The molecule has 9 nitrogen and oxygen atoms in total. The van der Waals surface area contributed by atoms with Gasteiger partial charge in [-0.1, -0.05) is 41.4 Å². The van der Waals surface area contributed by atoms with Gasteiger partial charge in [0.05, 0.1) is 38.1 Å². The Hall–Kier alpha value is -3.47. The number of amides is 1. The highest BCUT2D eigenvalue weighted by Gasteiger charge is 2.30. The quantitative estimate of drug-likeness (QED) is 0.296. The van der Waals surface area contributed by atoms with Crippen molar-refractivity contribution < 1.29 is 27.4 Å². The number of carbonyl (C=O) groups excluding carboxylic acids is 1. The van der Waals surface area contributed by atoms with Crippen LogP contribution in [0.1, 0.15) is 5.56 Å². The molecule has 1 amide bonds. The molecule has 1 N–H and O–H groups in total. The summed E-state index contributed by atoms with van der Waals surface area (Å²) in [5.41, 5.74) is 2.96. The van der Waals surface area contributed by atoms with Gasteiger partial charge in [-0.25, -0.2) is 13.8 Å². The van der Waals surface area contributed by atoms with Crippen LogP contribution in [0.25, 0.3) is 0 Å². The minimum Gasteiger partial charge on any atom is -0.495 e. The molecule has 0 unspecified atom stereocenters. The van der Waals surface area contributed by atoms with Crippen LogP contribution in [-0.2, 0) is 14.8 Å². The van der Waals surface area contributed by atoms with Crippen LogP contribution in [0.5, 0.6) is 17.2 Å². The lowest BCUT2D eigenvalue weighted by Gasteiger charge is -2.25. The second-order valence-electron chi connectivity index (χ2n) is 7.16. The van der Waals surface area contributed by atoms with Crippen LogP contribution < -0.4 is 23.9 Å². The number of benzene rings is 3. The molecule has 3 aromatic rings. The van der Waals surface area contributed by atoms with Crippen LogP contribution in [0.2, 0.25) is 10.0 Å². The largest absolute Gasteiger partial charge is 0.495 e. The van der Waals surface area contributed by atoms with Crippen LogP contribution in [-0.4, -0.2) is 48.4 Å². The molecule has 0 atom stereocenters. The molecule has 0 saturated carbocycles. The summed E-state index contributed by atoms with van der Waals surface area (Å²) in [6.07, 6.45) is 1.35. The van der Waals surface area contributed by atoms with E-state index in [2.05, 4.69) is 10.5 Å². The molecule has 3 aromatic carbocycles. The molecule has 0 aromatic heterocycles. The van der Waals surface area contributed by atoms with Gasteiger partial charge in [0.25, 0.3) is 15.9 Å². The third kappa shape index (κ3) is 6.20. The summed E-state index contributed by atoms with van der Waals surface area (Å²) in [6, 6.07) is 15.4. The predicted molar refractivity (Wildman–Crippen MR) is 139 cm³/mol. The van der Waals surface area contributed by atoms with Crippen molar-refractivity contribution in [3.8, 4) is 17.2 Å². The third-order valence-corrected chi connectivity index (χ3v) is 7.27. The lowest BCUT2D eigenvalue weighted by Crippen LogP contribution is -2.39. The van der Waals surface area contributed by atoms with Gasteiger partial charge >= 0.3 is 0 Å². The van der Waals surface area contributed by atoms with Gasteiger partial charge in [0.15, 0.2) is 11.5 Å². The van der Waals surface area contributed by atoms with Crippen molar-refractivity contribution in [1.29, 1.82) is 0 Å². The minimum atomic E-state index is -4.31. The number of ether oxygens (including phenoxy) is 3. The summed E-state index contributed by atoms with van der Waals surface area (Å²) in [4.78, 5) is 12.7. The van der Waals surface area contributed by atoms with E-state index in [-0.39, 0.29) is 27.1 Å². The first kappa shape index (κ1) is 27.1. The summed E-state index contributed by atoms with van der Waals surface area (Å²) in [7, 11) is -0.119. The van der Waals surface area contributed by atoms with E-state index in [1.54, 1.807) is 30.3 Å². The lowest BCUT2D eigenvalue weighted by molar-refractivity contribution is -0.119. The first-order valence-electron chi connectivity index (χ1n) is 10.4. The number of nitrogens with zero attached hydrogens (tertiary/aromatic N) is 2. The van der Waals surface area contributed by atoms with Gasteiger partial charge < -0.3 is 14.2 Å². The van der Waals surface area contributed by atoms with Gasteiger partial charge in [-0.3, -0.25) is 9.10 Å². The maximum Gasteiger partial charge on any atom is 0.265 e. The van der Waals surface area contributed by atoms with Crippen LogP contribution in [0.4, 0.5) is 5.69 Å². The Morgan fingerprint density at radius 1 is 0.944 bits per heavy atom. The second kappa shape index (κ2) is 12.0. The van der Waals surface area contributed by atoms with Crippen molar-refractivity contribution in [2.75, 3.05) is 32.2 Å². The molecule has 0 fully saturated rings. The number of rotatable bonds is 10. The van der Waals surface area contributed by atoms with E-state index in [9.17, 15) is 13.2 Å². The molecule has 0 aliphatic heterocycles. The number of nitrogens with one attached hydrogen (secondary N) is 1. The predicted octanol–water partition coefficient (Wildman–Crippen LogP) is 4.36. The Morgan fingerprint density at radius 2 is 1.61 bits per heavy atom. The molecule has 0 spiro atoms. The number of hydrogen-bond acceptors (Lipinski definition) is 7. The van der Waals surface area contributed by atoms with Crippen molar-refractivity contribution in [3.63, 3.8) is 0 Å². The molecule has 36 heavy (non-hydrogen) atoms. The topological polar surface area (TPSA) is 107 Å². The van der Waals surface area contributed by atoms with Crippen LogP contribution in [0.3, 0.4) is 0 Å². The average Bonchev–Trinajstić information content (AvgIpc) is 2.87. The van der Waals surface area contributed by atoms with Crippen molar-refractivity contribution in [2.24, 2.45) is 5.10 Å². The summed E-state index contributed by atoms with van der Waals surface area (Å²) in [5.74, 6) is 0.0144. The Labute approximate surface area is 219 Å². The van der Waals surface area contributed by atoms with E-state index in [1.165, 1.54) is 57.9 Å². The van der Waals surface area contributed by atoms with Crippen molar-refractivity contribution in [2.45, 2.75) is 4.90 Å². The number of anilines is 1. The van der Waals surface area contributed by atoms with Crippen LogP contribution in [0.15, 0.2) is 70.7 Å². The standard InChI is InChI=1S/C24H23Cl2N3O6S/c1-33-21-10-8-17(25)12-20(21)29(15-24(30)28-27-14-16-6-4-5-7-19(16)26)36(31,32)18-9-11-22(34-2)23(13-18)35-3/h4-14H,15H2,1-3H3,(H,28,30)/b27-14-. The van der Waals surface area contributed by atoms with E-state index in [0.29, 0.717) is 16.3 Å². The van der Waals surface area contributed by atoms with Gasteiger partial charge in [-0.2, -0.15) is 5.10 Å². The highest BCUT2D eigenvalue weighted by molar-refractivity contribution is 7.92. The second-order valence-corrected chi connectivity index (χ2v) is 9.87. The van der Waals surface area contributed by atoms with E-state index in [1.807, 2.05) is 0 Å². The highest BCUT2D eigenvalue weighted by Crippen LogP contribution is 2.36. The average molecular weight is 552 g/mol. The molecule has 190 valence electrons. The monoisotopic (exact) mass is 551 g/mol. The Morgan fingerprint density at radius 3 is 2.28 bits per heavy atom. The molecular weight excluding hydrogens is 529 g/mol. The number of hydrazone groups is 1. The Kier molecular flexibility index (Phi) is 9.03. The normalized spacial score (nSPS) is 11.2. The van der Waals surface area contributed by atoms with E-state index in [0.717, 1.165) is 4.31 Å². The summed E-state index contributed by atoms with van der Waals surface area (Å²) in [6.45, 7) is -0.632. The van der Waals surface area contributed by atoms with Gasteiger partial charge in [0.2, 0.25) is 0 Å². The zero-order valence-corrected chi connectivity index (χ0v) is 21.9. The van der Waals surface area contributed by atoms with E-state index in [4.69, 9.17) is 37.4 Å². The first-order valence-corrected chi connectivity index (χ1v) is 12.6. The summed E-state index contributed by atoms with van der Waals surface area (Å²) >= 11 is 12.2. The SMILES string of the molecule is COc1ccc(S(=O)(=O)N(CC(=O)N/N=C\c2ccccc2Cl)c2cc(Cl)ccc2OC)cc1OC. The molecule has 0 heterocycles. The third-order valence-electron chi connectivity index (χ3n) is 4.94. The Balaban J connectivity index is 1.99. The first-order chi connectivity index (χ1) is 17.2. The van der Waals surface area contributed by atoms with Gasteiger partial charge in [-0.05, 0) is 36.4 Å².